The average molecular weight is 331 g/mol. The van der Waals surface area contributed by atoms with E-state index in [2.05, 4.69) is 14.8 Å². The number of likely N-dealkylation sites (tertiary alicyclic amines) is 2. The van der Waals surface area contributed by atoms with Crippen LogP contribution in [0.2, 0.25) is 0 Å². The normalized spacial score (nSPS) is 25.1. The minimum absolute atomic E-state index is 0.215. The van der Waals surface area contributed by atoms with Crippen molar-refractivity contribution in [1.82, 2.24) is 14.8 Å². The van der Waals surface area contributed by atoms with Crippen LogP contribution in [0.3, 0.4) is 0 Å². The van der Waals surface area contributed by atoms with Crippen molar-refractivity contribution in [3.8, 4) is 0 Å². The van der Waals surface area contributed by atoms with Gasteiger partial charge in [0.05, 0.1) is 13.0 Å². The third kappa shape index (κ3) is 3.95. The van der Waals surface area contributed by atoms with Crippen LogP contribution in [0, 0.1) is 0 Å². The molecular formula is C19H29N3O2. The number of rotatable bonds is 5. The SMILES string of the molecule is COCCN1CCCC12CCCN(C(=O)Cc1ccccn1)CC2. The lowest BCUT2D eigenvalue weighted by molar-refractivity contribution is -0.130. The van der Waals surface area contributed by atoms with Gasteiger partial charge in [0.25, 0.3) is 0 Å². The zero-order valence-electron chi connectivity index (χ0n) is 14.7. The number of carbonyl (C=O) groups is 1. The first-order valence-corrected chi connectivity index (χ1v) is 9.15. The maximum absolute atomic E-state index is 12.6. The molecule has 0 N–H and O–H groups in total. The highest BCUT2D eigenvalue weighted by atomic mass is 16.5. The van der Waals surface area contributed by atoms with E-state index < -0.39 is 0 Å². The van der Waals surface area contributed by atoms with E-state index in [1.165, 1.54) is 25.8 Å². The van der Waals surface area contributed by atoms with Gasteiger partial charge in [-0.05, 0) is 50.8 Å². The van der Waals surface area contributed by atoms with Crippen molar-refractivity contribution in [2.75, 3.05) is 39.9 Å². The number of aromatic nitrogens is 1. The summed E-state index contributed by atoms with van der Waals surface area (Å²) in [6, 6.07) is 5.76. The van der Waals surface area contributed by atoms with Crippen molar-refractivity contribution in [1.29, 1.82) is 0 Å². The molecule has 0 saturated carbocycles. The van der Waals surface area contributed by atoms with E-state index in [-0.39, 0.29) is 5.91 Å². The molecule has 1 amide bonds. The average Bonchev–Trinajstić information content (AvgIpc) is 2.85. The molecule has 0 bridgehead atoms. The summed E-state index contributed by atoms with van der Waals surface area (Å²) >= 11 is 0. The van der Waals surface area contributed by atoms with Crippen molar-refractivity contribution in [3.05, 3.63) is 30.1 Å². The van der Waals surface area contributed by atoms with E-state index in [9.17, 15) is 4.79 Å². The van der Waals surface area contributed by atoms with Crippen LogP contribution in [-0.2, 0) is 16.0 Å². The molecule has 5 nitrogen and oxygen atoms in total. The summed E-state index contributed by atoms with van der Waals surface area (Å²) in [5.41, 5.74) is 1.16. The fraction of sp³-hybridized carbons (Fsp3) is 0.684. The first-order chi connectivity index (χ1) is 11.7. The summed E-state index contributed by atoms with van der Waals surface area (Å²) in [5, 5.41) is 0. The Bertz CT molecular complexity index is 537. The standard InChI is InChI=1S/C19H29N3O2/c1-24-15-14-22-12-5-8-19(22)7-4-11-21(13-9-19)18(23)16-17-6-2-3-10-20-17/h2-3,6,10H,4-5,7-9,11-16H2,1H3. The lowest BCUT2D eigenvalue weighted by atomic mass is 9.88. The van der Waals surface area contributed by atoms with Gasteiger partial charge >= 0.3 is 0 Å². The lowest BCUT2D eigenvalue weighted by Gasteiger charge is -2.38. The summed E-state index contributed by atoms with van der Waals surface area (Å²) in [6.07, 6.45) is 8.09. The molecule has 2 fully saturated rings. The molecule has 2 aliphatic rings. The molecule has 1 spiro atoms. The zero-order valence-corrected chi connectivity index (χ0v) is 14.7. The van der Waals surface area contributed by atoms with Crippen LogP contribution in [0.15, 0.2) is 24.4 Å². The Hall–Kier alpha value is -1.46. The number of hydrogen-bond donors (Lipinski definition) is 0. The minimum atomic E-state index is 0.215. The molecule has 3 heterocycles. The molecule has 0 radical (unpaired) electrons. The molecule has 5 heteroatoms. The van der Waals surface area contributed by atoms with Crippen LogP contribution < -0.4 is 0 Å². The Balaban J connectivity index is 1.59. The predicted octanol–water partition coefficient (Wildman–Crippen LogP) is 2.12. The molecule has 1 aromatic rings. The number of amides is 1. The highest BCUT2D eigenvalue weighted by molar-refractivity contribution is 5.78. The maximum atomic E-state index is 12.6. The van der Waals surface area contributed by atoms with Crippen LogP contribution in [0.25, 0.3) is 0 Å². The van der Waals surface area contributed by atoms with E-state index in [4.69, 9.17) is 4.74 Å². The van der Waals surface area contributed by atoms with Crippen LogP contribution in [-0.4, -0.2) is 66.1 Å². The molecule has 2 saturated heterocycles. The Labute approximate surface area is 145 Å². The zero-order chi connectivity index (χ0) is 16.8. The summed E-state index contributed by atoms with van der Waals surface area (Å²) in [6.45, 7) is 4.73. The van der Waals surface area contributed by atoms with E-state index in [1.807, 2.05) is 18.2 Å². The van der Waals surface area contributed by atoms with Gasteiger partial charge in [-0.2, -0.15) is 0 Å². The molecular weight excluding hydrogens is 302 g/mol. The number of methoxy groups -OCH3 is 1. The Morgan fingerprint density at radius 2 is 2.04 bits per heavy atom. The Morgan fingerprint density at radius 1 is 1.21 bits per heavy atom. The fourth-order valence-electron chi connectivity index (χ4n) is 4.31. The van der Waals surface area contributed by atoms with Crippen molar-refractivity contribution >= 4 is 5.91 Å². The number of carbonyl (C=O) groups excluding carboxylic acids is 1. The van der Waals surface area contributed by atoms with Crippen LogP contribution in [0.4, 0.5) is 0 Å². The second-order valence-corrected chi connectivity index (χ2v) is 7.04. The van der Waals surface area contributed by atoms with Gasteiger partial charge < -0.3 is 9.64 Å². The van der Waals surface area contributed by atoms with Gasteiger partial charge in [-0.25, -0.2) is 0 Å². The van der Waals surface area contributed by atoms with E-state index in [0.717, 1.165) is 44.8 Å². The molecule has 2 aliphatic heterocycles. The molecule has 24 heavy (non-hydrogen) atoms. The summed E-state index contributed by atoms with van der Waals surface area (Å²) in [7, 11) is 1.77. The molecule has 0 aliphatic carbocycles. The second kappa shape index (κ2) is 8.08. The molecule has 1 atom stereocenters. The van der Waals surface area contributed by atoms with Crippen molar-refractivity contribution in [3.63, 3.8) is 0 Å². The number of pyridine rings is 1. The predicted molar refractivity (Wildman–Crippen MR) is 93.8 cm³/mol. The van der Waals surface area contributed by atoms with Gasteiger partial charge in [-0.1, -0.05) is 6.07 Å². The van der Waals surface area contributed by atoms with Crippen molar-refractivity contribution < 1.29 is 9.53 Å². The monoisotopic (exact) mass is 331 g/mol. The van der Waals surface area contributed by atoms with Crippen molar-refractivity contribution in [2.24, 2.45) is 0 Å². The summed E-state index contributed by atoms with van der Waals surface area (Å²) in [4.78, 5) is 21.6. The van der Waals surface area contributed by atoms with Gasteiger partial charge in [0.1, 0.15) is 0 Å². The summed E-state index contributed by atoms with van der Waals surface area (Å²) < 4.78 is 5.28. The third-order valence-electron chi connectivity index (χ3n) is 5.63. The van der Waals surface area contributed by atoms with E-state index in [0.29, 0.717) is 12.0 Å². The van der Waals surface area contributed by atoms with E-state index >= 15 is 0 Å². The summed E-state index contributed by atoms with van der Waals surface area (Å²) in [5.74, 6) is 0.215. The molecule has 0 aromatic carbocycles. The maximum Gasteiger partial charge on any atom is 0.228 e. The topological polar surface area (TPSA) is 45.7 Å². The van der Waals surface area contributed by atoms with Gasteiger partial charge in [-0.3, -0.25) is 14.7 Å². The minimum Gasteiger partial charge on any atom is -0.383 e. The quantitative estimate of drug-likeness (QED) is 0.829. The lowest BCUT2D eigenvalue weighted by Crippen LogP contribution is -2.46. The van der Waals surface area contributed by atoms with Crippen LogP contribution >= 0.6 is 0 Å². The highest BCUT2D eigenvalue weighted by Gasteiger charge is 2.41. The fourth-order valence-corrected chi connectivity index (χ4v) is 4.31. The number of ether oxygens (including phenoxy) is 1. The number of nitrogens with zero attached hydrogens (tertiary/aromatic N) is 3. The van der Waals surface area contributed by atoms with Crippen LogP contribution in [0.1, 0.15) is 37.8 Å². The van der Waals surface area contributed by atoms with E-state index in [1.54, 1.807) is 13.3 Å². The van der Waals surface area contributed by atoms with Gasteiger partial charge in [0.15, 0.2) is 0 Å². The molecule has 1 aromatic heterocycles. The smallest absolute Gasteiger partial charge is 0.228 e. The first-order valence-electron chi connectivity index (χ1n) is 9.15. The second-order valence-electron chi connectivity index (χ2n) is 7.04. The Kier molecular flexibility index (Phi) is 5.85. The van der Waals surface area contributed by atoms with Crippen molar-refractivity contribution in [2.45, 2.75) is 44.1 Å². The third-order valence-corrected chi connectivity index (χ3v) is 5.63. The Morgan fingerprint density at radius 3 is 2.79 bits per heavy atom. The molecule has 132 valence electrons. The number of hydrogen-bond acceptors (Lipinski definition) is 4. The molecule has 1 unspecified atom stereocenters. The van der Waals surface area contributed by atoms with Gasteiger partial charge in [-0.15, -0.1) is 0 Å². The van der Waals surface area contributed by atoms with Gasteiger partial charge in [0, 0.05) is 44.2 Å². The largest absolute Gasteiger partial charge is 0.383 e. The highest BCUT2D eigenvalue weighted by Crippen LogP contribution is 2.38. The molecule has 3 rings (SSSR count). The first kappa shape index (κ1) is 17.4. The van der Waals surface area contributed by atoms with Crippen LogP contribution in [0.5, 0.6) is 0 Å². The van der Waals surface area contributed by atoms with Gasteiger partial charge in [0.2, 0.25) is 5.91 Å².